The average molecular weight is 399 g/mol. The van der Waals surface area contributed by atoms with Crippen LogP contribution >= 0.6 is 0 Å². The van der Waals surface area contributed by atoms with Crippen LogP contribution in [0.3, 0.4) is 0 Å². The van der Waals surface area contributed by atoms with Gasteiger partial charge in [0, 0.05) is 39.3 Å². The number of carbonyl (C=O) groups is 2. The topological polar surface area (TPSA) is 64.7 Å². The molecule has 1 aliphatic carbocycles. The Bertz CT molecular complexity index is 707. The number of piperazine rings is 1. The Morgan fingerprint density at radius 1 is 1.17 bits per heavy atom. The highest BCUT2D eigenvalue weighted by Crippen LogP contribution is 2.31. The molecule has 1 aromatic rings. The lowest BCUT2D eigenvalue weighted by molar-refractivity contribution is -0.129. The van der Waals surface area contributed by atoms with Crippen molar-refractivity contribution in [2.24, 2.45) is 5.92 Å². The number of aryl methyl sites for hydroxylation is 1. The van der Waals surface area contributed by atoms with Gasteiger partial charge in [0.25, 0.3) is 0 Å². The number of amides is 3. The molecule has 1 saturated heterocycles. The van der Waals surface area contributed by atoms with Crippen LogP contribution in [0.1, 0.15) is 36.8 Å². The fraction of sp³-hybridized carbons (Fsp3) is 0.565. The van der Waals surface area contributed by atoms with Gasteiger partial charge in [0.15, 0.2) is 0 Å². The Kier molecular flexibility index (Phi) is 7.69. The minimum absolute atomic E-state index is 0.0501. The van der Waals surface area contributed by atoms with Crippen LogP contribution in [0.15, 0.2) is 36.9 Å². The summed E-state index contributed by atoms with van der Waals surface area (Å²) in [6, 6.07) is 8.12. The van der Waals surface area contributed by atoms with Crippen LogP contribution in [0.5, 0.6) is 0 Å². The van der Waals surface area contributed by atoms with Crippen molar-refractivity contribution in [3.05, 3.63) is 48.0 Å². The van der Waals surface area contributed by atoms with Gasteiger partial charge in [-0.15, -0.1) is 6.58 Å². The summed E-state index contributed by atoms with van der Waals surface area (Å²) in [7, 11) is 0. The Hall–Kier alpha value is -2.34. The van der Waals surface area contributed by atoms with Crippen molar-refractivity contribution in [3.8, 4) is 0 Å². The lowest BCUT2D eigenvalue weighted by Gasteiger charge is -2.40. The van der Waals surface area contributed by atoms with Crippen molar-refractivity contribution in [2.75, 3.05) is 32.7 Å². The van der Waals surface area contributed by atoms with Crippen LogP contribution < -0.4 is 10.6 Å². The van der Waals surface area contributed by atoms with Gasteiger partial charge in [-0.05, 0) is 31.2 Å². The predicted octanol–water partition coefficient (Wildman–Crippen LogP) is 2.68. The normalized spacial score (nSPS) is 19.0. The van der Waals surface area contributed by atoms with E-state index in [0.717, 1.165) is 31.5 Å². The summed E-state index contributed by atoms with van der Waals surface area (Å²) >= 11 is 0. The van der Waals surface area contributed by atoms with Gasteiger partial charge >= 0.3 is 6.03 Å². The van der Waals surface area contributed by atoms with Crippen molar-refractivity contribution in [2.45, 2.75) is 45.2 Å². The molecule has 2 N–H and O–H groups in total. The van der Waals surface area contributed by atoms with Gasteiger partial charge in [-0.2, -0.15) is 0 Å². The van der Waals surface area contributed by atoms with Crippen molar-refractivity contribution in [1.82, 2.24) is 20.4 Å². The van der Waals surface area contributed by atoms with E-state index in [2.05, 4.69) is 47.2 Å². The molecule has 3 rings (SSSR count). The van der Waals surface area contributed by atoms with Gasteiger partial charge < -0.3 is 15.5 Å². The summed E-state index contributed by atoms with van der Waals surface area (Å²) in [5, 5.41) is 6.02. The molecule has 2 aliphatic rings. The Morgan fingerprint density at radius 3 is 2.55 bits per heavy atom. The standard InChI is InChI=1S/C23H34N4O2/c1-3-11-24-23(29)27-14-12-26(13-15-27)21(20-9-4-5-10-20)22(28)25-17-19-8-6-7-18(2)16-19/h3,6-8,16,20-21H,1,4-5,9-15,17H2,2H3,(H,24,29)(H,25,28). The molecule has 2 fully saturated rings. The van der Waals surface area contributed by atoms with E-state index in [-0.39, 0.29) is 18.0 Å². The highest BCUT2D eigenvalue weighted by Gasteiger charge is 2.37. The van der Waals surface area contributed by atoms with E-state index in [1.807, 2.05) is 11.0 Å². The highest BCUT2D eigenvalue weighted by molar-refractivity contribution is 5.82. The van der Waals surface area contributed by atoms with Crippen molar-refractivity contribution < 1.29 is 9.59 Å². The zero-order valence-corrected chi connectivity index (χ0v) is 17.5. The Labute approximate surface area is 174 Å². The smallest absolute Gasteiger partial charge is 0.317 e. The minimum Gasteiger partial charge on any atom is -0.351 e. The fourth-order valence-electron chi connectivity index (χ4n) is 4.54. The first kappa shape index (κ1) is 21.4. The van der Waals surface area contributed by atoms with Crippen LogP contribution in [0.4, 0.5) is 4.79 Å². The molecular formula is C23H34N4O2. The Balaban J connectivity index is 1.59. The predicted molar refractivity (Wildman–Crippen MR) is 116 cm³/mol. The summed E-state index contributed by atoms with van der Waals surface area (Å²) in [6.07, 6.45) is 6.32. The summed E-state index contributed by atoms with van der Waals surface area (Å²) in [5.74, 6) is 0.539. The molecule has 6 nitrogen and oxygen atoms in total. The summed E-state index contributed by atoms with van der Waals surface area (Å²) in [5.41, 5.74) is 2.34. The fourth-order valence-corrected chi connectivity index (χ4v) is 4.54. The first-order valence-corrected chi connectivity index (χ1v) is 10.8. The summed E-state index contributed by atoms with van der Waals surface area (Å²) in [4.78, 5) is 29.5. The van der Waals surface area contributed by atoms with Gasteiger partial charge in [0.2, 0.25) is 5.91 Å². The van der Waals surface area contributed by atoms with Gasteiger partial charge in [0.1, 0.15) is 0 Å². The monoisotopic (exact) mass is 398 g/mol. The van der Waals surface area contributed by atoms with Crippen molar-refractivity contribution in [3.63, 3.8) is 0 Å². The van der Waals surface area contributed by atoms with Gasteiger partial charge in [0.05, 0.1) is 6.04 Å². The average Bonchev–Trinajstić information content (AvgIpc) is 3.25. The molecule has 1 unspecified atom stereocenters. The minimum atomic E-state index is -0.0966. The Morgan fingerprint density at radius 2 is 1.90 bits per heavy atom. The number of carbonyl (C=O) groups excluding carboxylic acids is 2. The molecule has 1 aromatic carbocycles. The van der Waals surface area contributed by atoms with E-state index >= 15 is 0 Å². The first-order chi connectivity index (χ1) is 14.1. The maximum Gasteiger partial charge on any atom is 0.317 e. The SMILES string of the molecule is C=CCNC(=O)N1CCN(C(C(=O)NCc2cccc(C)c2)C2CCCC2)CC1. The maximum absolute atomic E-state index is 13.2. The van der Waals surface area contributed by atoms with E-state index in [4.69, 9.17) is 0 Å². The van der Waals surface area contributed by atoms with E-state index < -0.39 is 0 Å². The molecule has 6 heteroatoms. The summed E-state index contributed by atoms with van der Waals surface area (Å²) < 4.78 is 0. The van der Waals surface area contributed by atoms with Gasteiger partial charge in [-0.3, -0.25) is 9.69 Å². The van der Waals surface area contributed by atoms with Crippen LogP contribution in [-0.2, 0) is 11.3 Å². The molecule has 0 spiro atoms. The molecule has 29 heavy (non-hydrogen) atoms. The van der Waals surface area contributed by atoms with E-state index in [1.54, 1.807) is 6.08 Å². The molecule has 1 heterocycles. The number of rotatable bonds is 7. The maximum atomic E-state index is 13.2. The number of urea groups is 1. The molecule has 0 aromatic heterocycles. The van der Waals surface area contributed by atoms with Gasteiger partial charge in [-0.25, -0.2) is 4.79 Å². The second kappa shape index (κ2) is 10.4. The lowest BCUT2D eigenvalue weighted by atomic mass is 9.95. The van der Waals surface area contributed by atoms with Crippen LogP contribution in [0, 0.1) is 12.8 Å². The first-order valence-electron chi connectivity index (χ1n) is 10.8. The summed E-state index contributed by atoms with van der Waals surface area (Å²) in [6.45, 7) is 9.52. The molecule has 1 aliphatic heterocycles. The molecule has 0 bridgehead atoms. The van der Waals surface area contributed by atoms with Crippen LogP contribution in [0.25, 0.3) is 0 Å². The zero-order valence-electron chi connectivity index (χ0n) is 17.5. The highest BCUT2D eigenvalue weighted by atomic mass is 16.2. The molecular weight excluding hydrogens is 364 g/mol. The molecule has 3 amide bonds. The third-order valence-electron chi connectivity index (χ3n) is 6.06. The van der Waals surface area contributed by atoms with Gasteiger partial charge in [-0.1, -0.05) is 48.7 Å². The third-order valence-corrected chi connectivity index (χ3v) is 6.06. The van der Waals surface area contributed by atoms with E-state index in [0.29, 0.717) is 32.1 Å². The lowest BCUT2D eigenvalue weighted by Crippen LogP contribution is -2.58. The number of nitrogens with one attached hydrogen (secondary N) is 2. The number of hydrogen-bond acceptors (Lipinski definition) is 3. The molecule has 1 saturated carbocycles. The largest absolute Gasteiger partial charge is 0.351 e. The molecule has 0 radical (unpaired) electrons. The number of hydrogen-bond donors (Lipinski definition) is 2. The van der Waals surface area contributed by atoms with Crippen molar-refractivity contribution >= 4 is 11.9 Å². The van der Waals surface area contributed by atoms with Crippen LogP contribution in [-0.4, -0.2) is 60.5 Å². The van der Waals surface area contributed by atoms with E-state index in [1.165, 1.54) is 18.4 Å². The number of benzene rings is 1. The zero-order chi connectivity index (χ0) is 20.6. The molecule has 1 atom stereocenters. The second-order valence-corrected chi connectivity index (χ2v) is 8.19. The quantitative estimate of drug-likeness (QED) is 0.694. The molecule has 158 valence electrons. The van der Waals surface area contributed by atoms with E-state index in [9.17, 15) is 9.59 Å². The van der Waals surface area contributed by atoms with Crippen molar-refractivity contribution in [1.29, 1.82) is 0 Å². The number of nitrogens with zero attached hydrogens (tertiary/aromatic N) is 2. The second-order valence-electron chi connectivity index (χ2n) is 8.19. The third kappa shape index (κ3) is 5.82. The van der Waals surface area contributed by atoms with Crippen LogP contribution in [0.2, 0.25) is 0 Å².